The van der Waals surface area contributed by atoms with Gasteiger partial charge in [0, 0.05) is 23.1 Å². The molecule has 2 aromatic carbocycles. The summed E-state index contributed by atoms with van der Waals surface area (Å²) in [6.45, 7) is 2.84. The number of nitrogens with zero attached hydrogens (tertiary/aromatic N) is 3. The van der Waals surface area contributed by atoms with Gasteiger partial charge >= 0.3 is 0 Å². The fraction of sp³-hybridized carbons (Fsp3) is 0.400. The minimum Gasteiger partial charge on any atom is -0.496 e. The van der Waals surface area contributed by atoms with Crippen molar-refractivity contribution in [1.29, 1.82) is 0 Å². The molecule has 0 aliphatic carbocycles. The quantitative estimate of drug-likeness (QED) is 0.426. The van der Waals surface area contributed by atoms with Crippen LogP contribution in [0, 0.1) is 5.92 Å². The number of ether oxygens (including phenoxy) is 1. The van der Waals surface area contributed by atoms with Crippen LogP contribution in [0.2, 0.25) is 0 Å². The highest BCUT2D eigenvalue weighted by Crippen LogP contribution is 2.23. The number of methoxy groups -OCH3 is 1. The molecule has 2 heterocycles. The zero-order chi connectivity index (χ0) is 23.0. The Morgan fingerprint density at radius 1 is 1.27 bits per heavy atom. The van der Waals surface area contributed by atoms with Crippen molar-refractivity contribution in [2.75, 3.05) is 26.7 Å². The highest BCUT2D eigenvalue weighted by atomic mass is 79.9. The van der Waals surface area contributed by atoms with Crippen molar-refractivity contribution in [3.05, 3.63) is 64.5 Å². The lowest BCUT2D eigenvalue weighted by Gasteiger charge is -2.30. The first kappa shape index (κ1) is 23.4. The summed E-state index contributed by atoms with van der Waals surface area (Å²) in [4.78, 5) is 19.5. The van der Waals surface area contributed by atoms with Crippen molar-refractivity contribution in [1.82, 2.24) is 20.4 Å². The minimum absolute atomic E-state index is 0.0162. The Morgan fingerprint density at radius 3 is 3.00 bits per heavy atom. The maximum Gasteiger partial charge on any atom is 0.241 e. The average Bonchev–Trinajstić information content (AvgIpc) is 3.30. The molecule has 1 saturated heterocycles. The van der Waals surface area contributed by atoms with E-state index in [4.69, 9.17) is 9.26 Å². The molecule has 0 bridgehead atoms. The molecule has 1 fully saturated rings. The Balaban J connectivity index is 1.24. The summed E-state index contributed by atoms with van der Waals surface area (Å²) in [6, 6.07) is 15.8. The summed E-state index contributed by atoms with van der Waals surface area (Å²) in [5, 5.41) is 7.23. The average molecular weight is 513 g/mol. The highest BCUT2D eigenvalue weighted by molar-refractivity contribution is 9.10. The Morgan fingerprint density at radius 2 is 2.15 bits per heavy atom. The second-order valence-corrected chi connectivity index (χ2v) is 9.22. The molecule has 33 heavy (non-hydrogen) atoms. The number of likely N-dealkylation sites (tertiary alicyclic amines) is 1. The molecule has 1 unspecified atom stereocenters. The van der Waals surface area contributed by atoms with Gasteiger partial charge in [-0.25, -0.2) is 0 Å². The summed E-state index contributed by atoms with van der Waals surface area (Å²) < 4.78 is 11.8. The van der Waals surface area contributed by atoms with Gasteiger partial charge in [-0.05, 0) is 56.0 Å². The van der Waals surface area contributed by atoms with Crippen LogP contribution in [0.15, 0.2) is 57.5 Å². The molecule has 1 aliphatic heterocycles. The Labute approximate surface area is 202 Å². The SMILES string of the molecule is COc1ccccc1CCCNC(=O)C1CCCN(Cc2nc(-c3cccc(Br)c3)no2)C1. The number of rotatable bonds is 9. The van der Waals surface area contributed by atoms with E-state index in [0.29, 0.717) is 31.3 Å². The van der Waals surface area contributed by atoms with Crippen molar-refractivity contribution in [3.8, 4) is 17.1 Å². The molecule has 8 heteroatoms. The van der Waals surface area contributed by atoms with Crippen LogP contribution in [0.4, 0.5) is 0 Å². The minimum atomic E-state index is -0.0162. The van der Waals surface area contributed by atoms with Crippen LogP contribution in [0.5, 0.6) is 5.75 Å². The first-order valence-electron chi connectivity index (χ1n) is 11.3. The Hall–Kier alpha value is -2.71. The van der Waals surface area contributed by atoms with E-state index in [0.717, 1.165) is 48.0 Å². The normalized spacial score (nSPS) is 16.5. The zero-order valence-electron chi connectivity index (χ0n) is 18.8. The van der Waals surface area contributed by atoms with Gasteiger partial charge in [0.1, 0.15) is 5.75 Å². The molecule has 0 spiro atoms. The van der Waals surface area contributed by atoms with Crippen LogP contribution in [-0.2, 0) is 17.8 Å². The summed E-state index contributed by atoms with van der Waals surface area (Å²) >= 11 is 3.47. The van der Waals surface area contributed by atoms with Crippen LogP contribution in [-0.4, -0.2) is 47.7 Å². The predicted molar refractivity (Wildman–Crippen MR) is 130 cm³/mol. The van der Waals surface area contributed by atoms with E-state index in [9.17, 15) is 4.79 Å². The summed E-state index contributed by atoms with van der Waals surface area (Å²) in [6.07, 6.45) is 3.63. The lowest BCUT2D eigenvalue weighted by atomic mass is 9.97. The van der Waals surface area contributed by atoms with Crippen LogP contribution in [0.25, 0.3) is 11.4 Å². The fourth-order valence-electron chi connectivity index (χ4n) is 4.21. The first-order valence-corrected chi connectivity index (χ1v) is 12.1. The number of nitrogens with one attached hydrogen (secondary N) is 1. The van der Waals surface area contributed by atoms with Gasteiger partial charge in [-0.3, -0.25) is 9.69 Å². The number of hydrogen-bond donors (Lipinski definition) is 1. The third-order valence-electron chi connectivity index (χ3n) is 5.90. The predicted octanol–water partition coefficient (Wildman–Crippen LogP) is 4.47. The van der Waals surface area contributed by atoms with E-state index >= 15 is 0 Å². The molecule has 0 saturated carbocycles. The number of amides is 1. The number of benzene rings is 2. The lowest BCUT2D eigenvalue weighted by molar-refractivity contribution is -0.126. The number of carbonyl (C=O) groups is 1. The van der Waals surface area contributed by atoms with E-state index in [1.54, 1.807) is 7.11 Å². The van der Waals surface area contributed by atoms with Crippen LogP contribution in [0.1, 0.15) is 30.7 Å². The molecule has 7 nitrogen and oxygen atoms in total. The van der Waals surface area contributed by atoms with E-state index in [-0.39, 0.29) is 11.8 Å². The van der Waals surface area contributed by atoms with Gasteiger partial charge in [-0.1, -0.05) is 51.4 Å². The van der Waals surface area contributed by atoms with Crippen molar-refractivity contribution >= 4 is 21.8 Å². The second kappa shape index (κ2) is 11.4. The van der Waals surface area contributed by atoms with Crippen molar-refractivity contribution in [3.63, 3.8) is 0 Å². The van der Waals surface area contributed by atoms with Crippen molar-refractivity contribution in [2.45, 2.75) is 32.2 Å². The monoisotopic (exact) mass is 512 g/mol. The molecule has 1 atom stereocenters. The number of piperidine rings is 1. The standard InChI is InChI=1S/C25H29BrN4O3/c1-32-22-12-3-2-7-18(22)9-5-13-27-25(31)20-10-6-14-30(16-20)17-23-28-24(29-33-23)19-8-4-11-21(26)15-19/h2-4,7-8,11-12,15,20H,5-6,9-10,13-14,16-17H2,1H3,(H,27,31). The summed E-state index contributed by atoms with van der Waals surface area (Å²) in [5.74, 6) is 2.16. The van der Waals surface area contributed by atoms with Gasteiger partial charge in [0.2, 0.25) is 17.6 Å². The van der Waals surface area contributed by atoms with E-state index in [1.165, 1.54) is 5.56 Å². The molecule has 1 amide bonds. The van der Waals surface area contributed by atoms with Crippen LogP contribution < -0.4 is 10.1 Å². The lowest BCUT2D eigenvalue weighted by Crippen LogP contribution is -2.43. The molecule has 1 aliphatic rings. The molecular weight excluding hydrogens is 484 g/mol. The van der Waals surface area contributed by atoms with E-state index in [1.807, 2.05) is 42.5 Å². The Kier molecular flexibility index (Phi) is 8.12. The maximum absolute atomic E-state index is 12.7. The Bertz CT molecular complexity index is 1070. The van der Waals surface area contributed by atoms with E-state index in [2.05, 4.69) is 42.4 Å². The zero-order valence-corrected chi connectivity index (χ0v) is 20.4. The molecule has 1 N–H and O–H groups in total. The summed E-state index contributed by atoms with van der Waals surface area (Å²) in [7, 11) is 1.69. The molecular formula is C25H29BrN4O3. The summed E-state index contributed by atoms with van der Waals surface area (Å²) in [5.41, 5.74) is 2.07. The van der Waals surface area contributed by atoms with Crippen LogP contribution in [0.3, 0.4) is 0 Å². The second-order valence-electron chi connectivity index (χ2n) is 8.30. The molecule has 174 valence electrons. The number of halogens is 1. The number of para-hydroxylation sites is 1. The van der Waals surface area contributed by atoms with Gasteiger partial charge in [0.25, 0.3) is 0 Å². The van der Waals surface area contributed by atoms with Crippen LogP contribution >= 0.6 is 15.9 Å². The fourth-order valence-corrected chi connectivity index (χ4v) is 4.61. The highest BCUT2D eigenvalue weighted by Gasteiger charge is 2.26. The molecule has 0 radical (unpaired) electrons. The van der Waals surface area contributed by atoms with Gasteiger partial charge < -0.3 is 14.6 Å². The third kappa shape index (κ3) is 6.42. The van der Waals surface area contributed by atoms with Crippen molar-refractivity contribution in [2.24, 2.45) is 5.92 Å². The number of aromatic nitrogens is 2. The molecule has 4 rings (SSSR count). The third-order valence-corrected chi connectivity index (χ3v) is 6.39. The topological polar surface area (TPSA) is 80.5 Å². The number of carbonyl (C=O) groups excluding carboxylic acids is 1. The van der Waals surface area contributed by atoms with Crippen molar-refractivity contribution < 1.29 is 14.1 Å². The number of hydrogen-bond acceptors (Lipinski definition) is 6. The smallest absolute Gasteiger partial charge is 0.241 e. The molecule has 1 aromatic heterocycles. The van der Waals surface area contributed by atoms with Gasteiger partial charge in [-0.15, -0.1) is 0 Å². The molecule has 3 aromatic rings. The van der Waals surface area contributed by atoms with Gasteiger partial charge in [-0.2, -0.15) is 4.98 Å². The van der Waals surface area contributed by atoms with E-state index < -0.39 is 0 Å². The van der Waals surface area contributed by atoms with Gasteiger partial charge in [0.15, 0.2) is 0 Å². The maximum atomic E-state index is 12.7. The largest absolute Gasteiger partial charge is 0.496 e. The van der Waals surface area contributed by atoms with Gasteiger partial charge in [0.05, 0.1) is 19.6 Å². The number of aryl methyl sites for hydroxylation is 1. The first-order chi connectivity index (χ1) is 16.1.